The predicted molar refractivity (Wildman–Crippen MR) is 81.6 cm³/mol. The third-order valence-corrected chi connectivity index (χ3v) is 4.38. The molecule has 2 aliphatic rings. The highest BCUT2D eigenvalue weighted by Gasteiger charge is 2.37. The lowest BCUT2D eigenvalue weighted by atomic mass is 10.1. The zero-order valence-electron chi connectivity index (χ0n) is 12.8. The van der Waals surface area contributed by atoms with Crippen LogP contribution < -0.4 is 0 Å². The molecule has 1 aromatic rings. The summed E-state index contributed by atoms with van der Waals surface area (Å²) in [6.45, 7) is 3.18. The minimum absolute atomic E-state index is 0.131. The van der Waals surface area contributed by atoms with E-state index in [1.807, 2.05) is 13.0 Å². The molecule has 0 aliphatic carbocycles. The molecule has 0 bridgehead atoms. The zero-order valence-corrected chi connectivity index (χ0v) is 12.8. The van der Waals surface area contributed by atoms with Crippen molar-refractivity contribution in [1.29, 1.82) is 0 Å². The molecule has 3 amide bonds. The number of fused-ring (bicyclic) bond motifs is 1. The van der Waals surface area contributed by atoms with E-state index in [1.54, 1.807) is 17.0 Å². The quantitative estimate of drug-likeness (QED) is 0.785. The van der Waals surface area contributed by atoms with E-state index in [1.165, 1.54) is 0 Å². The fourth-order valence-electron chi connectivity index (χ4n) is 3.10. The fraction of sp³-hybridized carbons (Fsp3) is 0.471. The van der Waals surface area contributed by atoms with Gasteiger partial charge in [-0.15, -0.1) is 0 Å². The summed E-state index contributed by atoms with van der Waals surface area (Å²) in [6, 6.07) is 5.19. The number of nitrogens with zero attached hydrogens (tertiary/aromatic N) is 2. The summed E-state index contributed by atoms with van der Waals surface area (Å²) in [6.07, 6.45) is 4.26. The van der Waals surface area contributed by atoms with Crippen LogP contribution >= 0.6 is 0 Å². The Hall–Kier alpha value is -2.17. The highest BCUT2D eigenvalue weighted by Crippen LogP contribution is 2.24. The van der Waals surface area contributed by atoms with Gasteiger partial charge in [-0.1, -0.05) is 24.5 Å². The van der Waals surface area contributed by atoms with E-state index in [0.29, 0.717) is 11.1 Å². The maximum Gasteiger partial charge on any atom is 0.262 e. The number of benzene rings is 1. The monoisotopic (exact) mass is 300 g/mol. The molecule has 1 aromatic carbocycles. The summed E-state index contributed by atoms with van der Waals surface area (Å²) in [5.41, 5.74) is 1.74. The molecule has 116 valence electrons. The van der Waals surface area contributed by atoms with Crippen molar-refractivity contribution in [2.45, 2.75) is 32.6 Å². The van der Waals surface area contributed by atoms with Gasteiger partial charge in [0.2, 0.25) is 5.91 Å². The van der Waals surface area contributed by atoms with Crippen LogP contribution in [0.2, 0.25) is 0 Å². The Balaban J connectivity index is 1.75. The third-order valence-electron chi connectivity index (χ3n) is 4.38. The molecule has 0 unspecified atom stereocenters. The molecular weight excluding hydrogens is 280 g/mol. The van der Waals surface area contributed by atoms with Crippen LogP contribution in [-0.4, -0.2) is 47.2 Å². The van der Waals surface area contributed by atoms with Gasteiger partial charge in [0.25, 0.3) is 11.8 Å². The lowest BCUT2D eigenvalue weighted by Crippen LogP contribution is -2.43. The van der Waals surface area contributed by atoms with Gasteiger partial charge in [-0.2, -0.15) is 0 Å². The second-order valence-corrected chi connectivity index (χ2v) is 6.04. The van der Waals surface area contributed by atoms with Crippen molar-refractivity contribution in [1.82, 2.24) is 9.80 Å². The van der Waals surface area contributed by atoms with Crippen molar-refractivity contribution in [3.05, 3.63) is 34.9 Å². The second-order valence-electron chi connectivity index (χ2n) is 6.04. The van der Waals surface area contributed by atoms with Gasteiger partial charge in [0.1, 0.15) is 6.54 Å². The molecule has 0 atom stereocenters. The molecule has 1 fully saturated rings. The van der Waals surface area contributed by atoms with Gasteiger partial charge in [0.05, 0.1) is 11.1 Å². The Kier molecular flexibility index (Phi) is 3.96. The predicted octanol–water partition coefficient (Wildman–Crippen LogP) is 1.99. The first-order valence-corrected chi connectivity index (χ1v) is 7.82. The number of rotatable bonds is 2. The number of likely N-dealkylation sites (tertiary alicyclic amines) is 1. The van der Waals surface area contributed by atoms with Crippen LogP contribution in [0.15, 0.2) is 18.2 Å². The molecule has 3 rings (SSSR count). The Bertz CT molecular complexity index is 631. The molecule has 0 radical (unpaired) electrons. The lowest BCUT2D eigenvalue weighted by molar-refractivity contribution is -0.131. The molecule has 0 N–H and O–H groups in total. The summed E-state index contributed by atoms with van der Waals surface area (Å²) < 4.78 is 0. The van der Waals surface area contributed by atoms with E-state index < -0.39 is 0 Å². The van der Waals surface area contributed by atoms with Crippen molar-refractivity contribution in [2.24, 2.45) is 0 Å². The summed E-state index contributed by atoms with van der Waals surface area (Å²) in [7, 11) is 0. The van der Waals surface area contributed by atoms with Crippen LogP contribution in [0.3, 0.4) is 0 Å². The number of imide groups is 1. The summed E-state index contributed by atoms with van der Waals surface area (Å²) >= 11 is 0. The van der Waals surface area contributed by atoms with E-state index in [4.69, 9.17) is 0 Å². The SMILES string of the molecule is Cc1ccc2c(c1)C(=O)N(CC(=O)N1CCCCCC1)C2=O. The van der Waals surface area contributed by atoms with Crippen molar-refractivity contribution >= 4 is 17.7 Å². The normalized spacial score (nSPS) is 18.4. The molecule has 2 heterocycles. The molecule has 1 saturated heterocycles. The Morgan fingerprint density at radius 1 is 1.00 bits per heavy atom. The van der Waals surface area contributed by atoms with Gasteiger partial charge < -0.3 is 4.90 Å². The maximum atomic E-state index is 12.4. The summed E-state index contributed by atoms with van der Waals surface area (Å²) in [5, 5.41) is 0. The van der Waals surface area contributed by atoms with Gasteiger partial charge in [0.15, 0.2) is 0 Å². The molecule has 5 nitrogen and oxygen atoms in total. The van der Waals surface area contributed by atoms with Crippen molar-refractivity contribution in [3.63, 3.8) is 0 Å². The molecule has 5 heteroatoms. The number of aryl methyl sites for hydroxylation is 1. The van der Waals surface area contributed by atoms with Gasteiger partial charge in [-0.3, -0.25) is 19.3 Å². The summed E-state index contributed by atoms with van der Waals surface area (Å²) in [4.78, 5) is 40.0. The van der Waals surface area contributed by atoms with E-state index in [0.717, 1.165) is 49.2 Å². The van der Waals surface area contributed by atoms with Gasteiger partial charge in [-0.05, 0) is 31.9 Å². The van der Waals surface area contributed by atoms with E-state index in [2.05, 4.69) is 0 Å². The topological polar surface area (TPSA) is 57.7 Å². The van der Waals surface area contributed by atoms with E-state index in [-0.39, 0.29) is 24.3 Å². The molecule has 2 aliphatic heterocycles. The Morgan fingerprint density at radius 2 is 1.64 bits per heavy atom. The standard InChI is InChI=1S/C17H20N2O3/c1-12-6-7-13-14(10-12)17(22)19(16(13)21)11-15(20)18-8-4-2-3-5-9-18/h6-7,10H,2-5,8-9,11H2,1H3. The highest BCUT2D eigenvalue weighted by atomic mass is 16.2. The minimum atomic E-state index is -0.358. The van der Waals surface area contributed by atoms with E-state index in [9.17, 15) is 14.4 Å². The van der Waals surface area contributed by atoms with Gasteiger partial charge >= 0.3 is 0 Å². The smallest absolute Gasteiger partial charge is 0.262 e. The number of carbonyl (C=O) groups is 3. The van der Waals surface area contributed by atoms with Crippen LogP contribution in [0.25, 0.3) is 0 Å². The first-order valence-electron chi connectivity index (χ1n) is 7.82. The average Bonchev–Trinajstić information content (AvgIpc) is 2.72. The Morgan fingerprint density at radius 3 is 2.32 bits per heavy atom. The maximum absolute atomic E-state index is 12.4. The van der Waals surface area contributed by atoms with Crippen LogP contribution in [0.1, 0.15) is 52.0 Å². The lowest BCUT2D eigenvalue weighted by Gasteiger charge is -2.23. The third kappa shape index (κ3) is 2.63. The Labute approximate surface area is 129 Å². The molecular formula is C17H20N2O3. The van der Waals surface area contributed by atoms with E-state index >= 15 is 0 Å². The van der Waals surface area contributed by atoms with Crippen LogP contribution in [0.5, 0.6) is 0 Å². The fourth-order valence-corrected chi connectivity index (χ4v) is 3.10. The minimum Gasteiger partial charge on any atom is -0.341 e. The van der Waals surface area contributed by atoms with Crippen LogP contribution in [0.4, 0.5) is 0 Å². The molecule has 0 saturated carbocycles. The number of carbonyl (C=O) groups excluding carboxylic acids is 3. The van der Waals surface area contributed by atoms with Crippen LogP contribution in [-0.2, 0) is 4.79 Å². The average molecular weight is 300 g/mol. The molecule has 0 aromatic heterocycles. The van der Waals surface area contributed by atoms with Crippen LogP contribution in [0, 0.1) is 6.92 Å². The molecule has 22 heavy (non-hydrogen) atoms. The largest absolute Gasteiger partial charge is 0.341 e. The zero-order chi connectivity index (χ0) is 15.7. The summed E-state index contributed by atoms with van der Waals surface area (Å²) in [5.74, 6) is -0.844. The molecule has 0 spiro atoms. The number of amides is 3. The van der Waals surface area contributed by atoms with Gasteiger partial charge in [-0.25, -0.2) is 0 Å². The number of hydrogen-bond acceptors (Lipinski definition) is 3. The van der Waals surface area contributed by atoms with Gasteiger partial charge in [0, 0.05) is 13.1 Å². The first kappa shape index (κ1) is 14.8. The van der Waals surface area contributed by atoms with Crippen molar-refractivity contribution in [2.75, 3.05) is 19.6 Å². The van der Waals surface area contributed by atoms with Crippen molar-refractivity contribution < 1.29 is 14.4 Å². The highest BCUT2D eigenvalue weighted by molar-refractivity contribution is 6.22. The van der Waals surface area contributed by atoms with Crippen molar-refractivity contribution in [3.8, 4) is 0 Å². The second kappa shape index (κ2) is 5.91. The first-order chi connectivity index (χ1) is 10.6. The number of hydrogen-bond donors (Lipinski definition) is 0.